The quantitative estimate of drug-likeness (QED) is 0.884. The van der Waals surface area contributed by atoms with E-state index in [1.165, 1.54) is 12.3 Å². The van der Waals surface area contributed by atoms with Gasteiger partial charge in [-0.3, -0.25) is 0 Å². The van der Waals surface area contributed by atoms with Crippen LogP contribution in [-0.2, 0) is 0 Å². The monoisotopic (exact) mass is 281 g/mol. The summed E-state index contributed by atoms with van der Waals surface area (Å²) in [6.45, 7) is 0.863. The van der Waals surface area contributed by atoms with Gasteiger partial charge < -0.3 is 15.8 Å². The Bertz CT molecular complexity index is 565. The number of anilines is 2. The van der Waals surface area contributed by atoms with Crippen LogP contribution >= 0.6 is 11.6 Å². The van der Waals surface area contributed by atoms with E-state index in [-0.39, 0.29) is 10.8 Å². The SMILES string of the molecule is NCCOc1cccc(Nc2ncc(Cl)cc2F)c1. The molecule has 0 radical (unpaired) electrons. The summed E-state index contributed by atoms with van der Waals surface area (Å²) < 4.78 is 19.0. The van der Waals surface area contributed by atoms with Crippen LogP contribution in [0.5, 0.6) is 5.75 Å². The molecule has 0 amide bonds. The molecule has 0 atom stereocenters. The highest BCUT2D eigenvalue weighted by Crippen LogP contribution is 2.23. The first-order chi connectivity index (χ1) is 9.19. The molecule has 4 nitrogen and oxygen atoms in total. The predicted molar refractivity (Wildman–Crippen MR) is 73.5 cm³/mol. The molecule has 1 heterocycles. The summed E-state index contributed by atoms with van der Waals surface area (Å²) in [6, 6.07) is 8.32. The maximum atomic E-state index is 13.6. The lowest BCUT2D eigenvalue weighted by Crippen LogP contribution is -2.10. The van der Waals surface area contributed by atoms with Crippen LogP contribution in [0.4, 0.5) is 15.9 Å². The van der Waals surface area contributed by atoms with Gasteiger partial charge in [0.1, 0.15) is 12.4 Å². The second-order valence-corrected chi connectivity index (χ2v) is 4.21. The molecule has 6 heteroatoms. The van der Waals surface area contributed by atoms with Crippen LogP contribution in [0.3, 0.4) is 0 Å². The van der Waals surface area contributed by atoms with Crippen molar-refractivity contribution < 1.29 is 9.13 Å². The average Bonchev–Trinajstić information content (AvgIpc) is 2.40. The molecular formula is C13H13ClFN3O. The lowest BCUT2D eigenvalue weighted by Gasteiger charge is -2.09. The number of ether oxygens (including phenoxy) is 1. The highest BCUT2D eigenvalue weighted by molar-refractivity contribution is 6.30. The largest absolute Gasteiger partial charge is 0.492 e. The summed E-state index contributed by atoms with van der Waals surface area (Å²) >= 11 is 5.64. The number of rotatable bonds is 5. The minimum atomic E-state index is -0.513. The highest BCUT2D eigenvalue weighted by Gasteiger charge is 2.05. The van der Waals surface area contributed by atoms with Crippen molar-refractivity contribution in [1.29, 1.82) is 0 Å². The Kier molecular flexibility index (Phi) is 4.54. The van der Waals surface area contributed by atoms with Crippen molar-refractivity contribution in [3.8, 4) is 5.75 Å². The minimum Gasteiger partial charge on any atom is -0.492 e. The molecule has 0 bridgehead atoms. The lowest BCUT2D eigenvalue weighted by atomic mass is 10.3. The first-order valence-electron chi connectivity index (χ1n) is 5.70. The zero-order chi connectivity index (χ0) is 13.7. The number of pyridine rings is 1. The number of nitrogens with one attached hydrogen (secondary N) is 1. The van der Waals surface area contributed by atoms with Crippen molar-refractivity contribution in [3.05, 3.63) is 47.4 Å². The van der Waals surface area contributed by atoms with Crippen molar-refractivity contribution in [2.75, 3.05) is 18.5 Å². The summed E-state index contributed by atoms with van der Waals surface area (Å²) in [4.78, 5) is 3.89. The van der Waals surface area contributed by atoms with E-state index in [2.05, 4.69) is 10.3 Å². The number of benzene rings is 1. The van der Waals surface area contributed by atoms with Gasteiger partial charge >= 0.3 is 0 Å². The van der Waals surface area contributed by atoms with Crippen molar-refractivity contribution in [3.63, 3.8) is 0 Å². The zero-order valence-corrected chi connectivity index (χ0v) is 10.8. The molecule has 100 valence electrons. The fourth-order valence-electron chi connectivity index (χ4n) is 1.48. The summed E-state index contributed by atoms with van der Waals surface area (Å²) in [5, 5.41) is 3.11. The summed E-state index contributed by atoms with van der Waals surface area (Å²) in [6.07, 6.45) is 1.38. The number of hydrogen-bond acceptors (Lipinski definition) is 4. The van der Waals surface area contributed by atoms with Crippen LogP contribution in [0.15, 0.2) is 36.5 Å². The van der Waals surface area contributed by atoms with Crippen LogP contribution in [0.1, 0.15) is 0 Å². The zero-order valence-electron chi connectivity index (χ0n) is 10.1. The molecule has 1 aromatic heterocycles. The van der Waals surface area contributed by atoms with Gasteiger partial charge in [0.05, 0.1) is 5.02 Å². The molecule has 2 aromatic rings. The van der Waals surface area contributed by atoms with Gasteiger partial charge in [0.25, 0.3) is 0 Å². The molecule has 0 spiro atoms. The summed E-state index contributed by atoms with van der Waals surface area (Å²) in [5.74, 6) is 0.256. The Morgan fingerprint density at radius 2 is 2.21 bits per heavy atom. The molecule has 0 aliphatic carbocycles. The molecule has 19 heavy (non-hydrogen) atoms. The Hall–Kier alpha value is -1.85. The van der Waals surface area contributed by atoms with E-state index in [0.29, 0.717) is 24.6 Å². The molecule has 0 fully saturated rings. The number of aromatic nitrogens is 1. The third-order valence-corrected chi connectivity index (χ3v) is 2.50. The fraction of sp³-hybridized carbons (Fsp3) is 0.154. The van der Waals surface area contributed by atoms with Crippen LogP contribution < -0.4 is 15.8 Å². The Balaban J connectivity index is 2.14. The Labute approximate surface area is 115 Å². The van der Waals surface area contributed by atoms with E-state index >= 15 is 0 Å². The summed E-state index contributed by atoms with van der Waals surface area (Å²) in [7, 11) is 0. The van der Waals surface area contributed by atoms with E-state index in [1.54, 1.807) is 24.3 Å². The maximum absolute atomic E-state index is 13.6. The van der Waals surface area contributed by atoms with Crippen molar-refractivity contribution >= 4 is 23.1 Å². The topological polar surface area (TPSA) is 60.2 Å². The number of hydrogen-bond donors (Lipinski definition) is 2. The second kappa shape index (κ2) is 6.36. The first kappa shape index (κ1) is 13.6. The first-order valence-corrected chi connectivity index (χ1v) is 6.08. The van der Waals surface area contributed by atoms with Crippen LogP contribution in [0.25, 0.3) is 0 Å². The van der Waals surface area contributed by atoms with Crippen LogP contribution in [0, 0.1) is 5.82 Å². The Morgan fingerprint density at radius 3 is 2.95 bits per heavy atom. The fourth-order valence-corrected chi connectivity index (χ4v) is 1.63. The third-order valence-electron chi connectivity index (χ3n) is 2.29. The number of halogens is 2. The van der Waals surface area contributed by atoms with Crippen molar-refractivity contribution in [2.24, 2.45) is 5.73 Å². The Morgan fingerprint density at radius 1 is 1.37 bits per heavy atom. The maximum Gasteiger partial charge on any atom is 0.167 e. The van der Waals surface area contributed by atoms with Gasteiger partial charge in [-0.1, -0.05) is 17.7 Å². The van der Waals surface area contributed by atoms with Gasteiger partial charge in [0.15, 0.2) is 11.6 Å². The molecule has 2 rings (SSSR count). The average molecular weight is 282 g/mol. The molecule has 3 N–H and O–H groups in total. The van der Waals surface area contributed by atoms with Crippen molar-refractivity contribution in [1.82, 2.24) is 4.98 Å². The van der Waals surface area contributed by atoms with E-state index < -0.39 is 5.82 Å². The molecule has 1 aromatic carbocycles. The van der Waals surface area contributed by atoms with E-state index in [0.717, 1.165) is 0 Å². The highest BCUT2D eigenvalue weighted by atomic mass is 35.5. The van der Waals surface area contributed by atoms with Gasteiger partial charge in [-0.05, 0) is 18.2 Å². The smallest absolute Gasteiger partial charge is 0.167 e. The van der Waals surface area contributed by atoms with Gasteiger partial charge in [0.2, 0.25) is 0 Å². The molecule has 0 aliphatic rings. The van der Waals surface area contributed by atoms with Gasteiger partial charge in [0, 0.05) is 24.5 Å². The molecule has 0 saturated heterocycles. The predicted octanol–water partition coefficient (Wildman–Crippen LogP) is 2.96. The second-order valence-electron chi connectivity index (χ2n) is 3.77. The van der Waals surface area contributed by atoms with Gasteiger partial charge in [-0.2, -0.15) is 0 Å². The standard InChI is InChI=1S/C13H13ClFN3O/c14-9-6-12(15)13(17-8-9)18-10-2-1-3-11(7-10)19-5-4-16/h1-3,6-8H,4-5,16H2,(H,17,18). The minimum absolute atomic E-state index is 0.111. The molecule has 0 saturated carbocycles. The third kappa shape index (κ3) is 3.81. The van der Waals surface area contributed by atoms with E-state index in [4.69, 9.17) is 22.1 Å². The van der Waals surface area contributed by atoms with Crippen molar-refractivity contribution in [2.45, 2.75) is 0 Å². The molecular weight excluding hydrogens is 269 g/mol. The number of nitrogens with two attached hydrogens (primary N) is 1. The summed E-state index contributed by atoms with van der Waals surface area (Å²) in [5.41, 5.74) is 6.03. The normalized spacial score (nSPS) is 10.3. The van der Waals surface area contributed by atoms with E-state index in [9.17, 15) is 4.39 Å². The van der Waals surface area contributed by atoms with Gasteiger partial charge in [-0.15, -0.1) is 0 Å². The van der Waals surface area contributed by atoms with Gasteiger partial charge in [-0.25, -0.2) is 9.37 Å². The number of nitrogens with zero attached hydrogens (tertiary/aromatic N) is 1. The van der Waals surface area contributed by atoms with Crippen LogP contribution in [-0.4, -0.2) is 18.1 Å². The van der Waals surface area contributed by atoms with E-state index in [1.807, 2.05) is 0 Å². The molecule has 0 aliphatic heterocycles. The molecule has 0 unspecified atom stereocenters. The lowest BCUT2D eigenvalue weighted by molar-refractivity contribution is 0.328. The van der Waals surface area contributed by atoms with Crippen LogP contribution in [0.2, 0.25) is 5.02 Å².